The lowest BCUT2D eigenvalue weighted by atomic mass is 10.1. The van der Waals surface area contributed by atoms with Crippen LogP contribution in [-0.2, 0) is 0 Å². The van der Waals surface area contributed by atoms with Crippen molar-refractivity contribution in [1.82, 2.24) is 14.8 Å². The van der Waals surface area contributed by atoms with Crippen molar-refractivity contribution in [2.75, 3.05) is 19.6 Å². The molecular formula is C22H19ClN4O5. The highest BCUT2D eigenvalue weighted by molar-refractivity contribution is 6.35. The molecule has 0 unspecified atom stereocenters. The van der Waals surface area contributed by atoms with Crippen molar-refractivity contribution < 1.29 is 19.6 Å². The molecule has 0 saturated carbocycles. The maximum Gasteiger partial charge on any atom is 0.407 e. The number of hydrogen-bond donors (Lipinski definition) is 1. The average Bonchev–Trinajstić information content (AvgIpc) is 2.77. The van der Waals surface area contributed by atoms with Gasteiger partial charge in [0.2, 0.25) is 0 Å². The molecule has 2 aromatic carbocycles. The molecule has 2 heterocycles. The fourth-order valence-electron chi connectivity index (χ4n) is 3.85. The molecule has 1 aliphatic rings. The number of fused-ring (bicyclic) bond motifs is 1. The van der Waals surface area contributed by atoms with E-state index in [1.54, 1.807) is 48.2 Å². The monoisotopic (exact) mass is 454 g/mol. The van der Waals surface area contributed by atoms with Crippen LogP contribution in [0.4, 0.5) is 10.5 Å². The van der Waals surface area contributed by atoms with Crippen molar-refractivity contribution in [3.05, 3.63) is 69.2 Å². The zero-order valence-electron chi connectivity index (χ0n) is 17.1. The summed E-state index contributed by atoms with van der Waals surface area (Å²) in [6, 6.07) is 12.4. The van der Waals surface area contributed by atoms with Gasteiger partial charge in [0.25, 0.3) is 11.6 Å². The van der Waals surface area contributed by atoms with Gasteiger partial charge >= 0.3 is 6.09 Å². The molecule has 32 heavy (non-hydrogen) atoms. The molecule has 1 aromatic heterocycles. The van der Waals surface area contributed by atoms with Gasteiger partial charge in [0, 0.05) is 54.3 Å². The number of nitrogens with zero attached hydrogens (tertiary/aromatic N) is 4. The highest BCUT2D eigenvalue weighted by Crippen LogP contribution is 2.30. The number of carbonyl (C=O) groups is 2. The summed E-state index contributed by atoms with van der Waals surface area (Å²) in [6.45, 7) is 2.61. The second kappa shape index (κ2) is 8.43. The fraction of sp³-hybridized carbons (Fsp3) is 0.227. The summed E-state index contributed by atoms with van der Waals surface area (Å²) in [7, 11) is 0. The highest BCUT2D eigenvalue weighted by Gasteiger charge is 2.30. The molecule has 0 aliphatic carbocycles. The molecule has 10 heteroatoms. The molecule has 1 aliphatic heterocycles. The predicted octanol–water partition coefficient (Wildman–Crippen LogP) is 4.29. The second-order valence-corrected chi connectivity index (χ2v) is 8.01. The number of carbonyl (C=O) groups excluding carboxylic acids is 1. The Morgan fingerprint density at radius 1 is 1.19 bits per heavy atom. The lowest BCUT2D eigenvalue weighted by molar-refractivity contribution is -0.384. The van der Waals surface area contributed by atoms with Crippen molar-refractivity contribution in [3.8, 4) is 11.3 Å². The zero-order chi connectivity index (χ0) is 23.0. The van der Waals surface area contributed by atoms with E-state index in [1.165, 1.54) is 17.0 Å². The summed E-state index contributed by atoms with van der Waals surface area (Å²) in [5.41, 5.74) is 1.84. The summed E-state index contributed by atoms with van der Waals surface area (Å²) >= 11 is 6.43. The third-order valence-electron chi connectivity index (χ3n) is 5.52. The third-order valence-corrected chi connectivity index (χ3v) is 5.83. The molecule has 1 fully saturated rings. The average molecular weight is 455 g/mol. The van der Waals surface area contributed by atoms with Crippen LogP contribution in [0, 0.1) is 10.1 Å². The molecular weight excluding hydrogens is 436 g/mol. The van der Waals surface area contributed by atoms with Crippen molar-refractivity contribution >= 4 is 40.2 Å². The van der Waals surface area contributed by atoms with E-state index in [4.69, 9.17) is 11.6 Å². The summed E-state index contributed by atoms with van der Waals surface area (Å²) in [5.74, 6) is -0.220. The normalized spacial score (nSPS) is 16.2. The summed E-state index contributed by atoms with van der Waals surface area (Å²) < 4.78 is 0. The van der Waals surface area contributed by atoms with Gasteiger partial charge in [-0.25, -0.2) is 9.78 Å². The van der Waals surface area contributed by atoms with Crippen LogP contribution in [0.1, 0.15) is 17.3 Å². The highest BCUT2D eigenvalue weighted by atomic mass is 35.5. The largest absolute Gasteiger partial charge is 0.465 e. The number of hydrogen-bond acceptors (Lipinski definition) is 5. The maximum absolute atomic E-state index is 13.0. The number of nitro groups is 1. The van der Waals surface area contributed by atoms with Crippen molar-refractivity contribution in [2.24, 2.45) is 0 Å². The molecule has 1 N–H and O–H groups in total. The van der Waals surface area contributed by atoms with Gasteiger partial charge in [0.15, 0.2) is 0 Å². The van der Waals surface area contributed by atoms with Crippen LogP contribution in [0.2, 0.25) is 5.02 Å². The van der Waals surface area contributed by atoms with Crippen LogP contribution in [0.5, 0.6) is 0 Å². The van der Waals surface area contributed by atoms with Gasteiger partial charge in [-0.3, -0.25) is 14.9 Å². The molecule has 0 radical (unpaired) electrons. The Hall–Kier alpha value is -3.72. The van der Waals surface area contributed by atoms with Gasteiger partial charge in [-0.15, -0.1) is 0 Å². The number of halogens is 1. The predicted molar refractivity (Wildman–Crippen MR) is 119 cm³/mol. The molecule has 0 bridgehead atoms. The number of rotatable bonds is 3. The molecule has 164 valence electrons. The van der Waals surface area contributed by atoms with E-state index in [0.717, 1.165) is 0 Å². The Labute approximate surface area is 188 Å². The van der Waals surface area contributed by atoms with Gasteiger partial charge < -0.3 is 14.9 Å². The molecule has 9 nitrogen and oxygen atoms in total. The van der Waals surface area contributed by atoms with Crippen LogP contribution in [0.15, 0.2) is 48.5 Å². The Balaban J connectivity index is 1.66. The number of pyridine rings is 1. The first kappa shape index (κ1) is 21.5. The van der Waals surface area contributed by atoms with Gasteiger partial charge in [-0.1, -0.05) is 29.8 Å². The first-order valence-electron chi connectivity index (χ1n) is 9.88. The van der Waals surface area contributed by atoms with E-state index >= 15 is 0 Å². The van der Waals surface area contributed by atoms with Gasteiger partial charge in [-0.2, -0.15) is 0 Å². The third kappa shape index (κ3) is 4.06. The van der Waals surface area contributed by atoms with E-state index in [2.05, 4.69) is 4.98 Å². The van der Waals surface area contributed by atoms with Crippen molar-refractivity contribution in [3.63, 3.8) is 0 Å². The number of amides is 2. The topological polar surface area (TPSA) is 117 Å². The number of piperazine rings is 1. The SMILES string of the molecule is C[C@@H]1CN(C(=O)c2ccc3c(Cl)cc(-c4cccc([N+](=O)[O-])c4)nc3c2)CCN1C(=O)O. The van der Waals surface area contributed by atoms with Crippen molar-refractivity contribution in [1.29, 1.82) is 0 Å². The maximum atomic E-state index is 13.0. The molecule has 4 rings (SSSR count). The van der Waals surface area contributed by atoms with E-state index in [9.17, 15) is 24.8 Å². The fourth-order valence-corrected chi connectivity index (χ4v) is 4.12. The number of nitro benzene ring substituents is 1. The standard InChI is InChI=1S/C22H19ClN4O5/c1-13-12-25(7-8-26(13)22(29)30)21(28)15-5-6-17-18(23)11-19(24-20(17)10-15)14-3-2-4-16(9-14)27(31)32/h2-6,9-11,13H,7-8,12H2,1H3,(H,29,30)/t13-/m1/s1. The van der Waals surface area contributed by atoms with E-state index in [-0.39, 0.29) is 24.2 Å². The zero-order valence-corrected chi connectivity index (χ0v) is 17.8. The minimum atomic E-state index is -0.997. The van der Waals surface area contributed by atoms with Crippen LogP contribution in [0.25, 0.3) is 22.2 Å². The van der Waals surface area contributed by atoms with Gasteiger partial charge in [0.05, 0.1) is 21.2 Å². The van der Waals surface area contributed by atoms with Crippen LogP contribution in [-0.4, -0.2) is 62.5 Å². The molecule has 0 spiro atoms. The van der Waals surface area contributed by atoms with Gasteiger partial charge in [-0.05, 0) is 25.1 Å². The number of benzene rings is 2. The summed E-state index contributed by atoms with van der Waals surface area (Å²) in [4.78, 5) is 42.4. The number of non-ortho nitro benzene ring substituents is 1. The number of aromatic nitrogens is 1. The molecule has 2 amide bonds. The quantitative estimate of drug-likeness (QED) is 0.466. The number of carboxylic acid groups (broad SMARTS) is 1. The first-order valence-corrected chi connectivity index (χ1v) is 10.3. The second-order valence-electron chi connectivity index (χ2n) is 7.60. The molecule has 1 atom stereocenters. The summed E-state index contributed by atoms with van der Waals surface area (Å²) in [6.07, 6.45) is -0.997. The lowest BCUT2D eigenvalue weighted by Gasteiger charge is -2.38. The van der Waals surface area contributed by atoms with Crippen LogP contribution >= 0.6 is 11.6 Å². The first-order chi connectivity index (χ1) is 15.2. The van der Waals surface area contributed by atoms with Gasteiger partial charge in [0.1, 0.15) is 0 Å². The van der Waals surface area contributed by atoms with Crippen molar-refractivity contribution in [2.45, 2.75) is 13.0 Å². The Morgan fingerprint density at radius 3 is 2.66 bits per heavy atom. The lowest BCUT2D eigenvalue weighted by Crippen LogP contribution is -2.55. The molecule has 3 aromatic rings. The van der Waals surface area contributed by atoms with Crippen LogP contribution < -0.4 is 0 Å². The van der Waals surface area contributed by atoms with Crippen LogP contribution in [0.3, 0.4) is 0 Å². The van der Waals surface area contributed by atoms with E-state index in [0.29, 0.717) is 45.8 Å². The minimum Gasteiger partial charge on any atom is -0.465 e. The Morgan fingerprint density at radius 2 is 1.97 bits per heavy atom. The Kier molecular flexibility index (Phi) is 5.67. The smallest absolute Gasteiger partial charge is 0.407 e. The van der Waals surface area contributed by atoms with E-state index in [1.807, 2.05) is 0 Å². The van der Waals surface area contributed by atoms with E-state index < -0.39 is 11.0 Å². The summed E-state index contributed by atoms with van der Waals surface area (Å²) in [5, 5.41) is 21.4. The Bertz CT molecular complexity index is 1250. The molecule has 1 saturated heterocycles. The minimum absolute atomic E-state index is 0.0564.